The van der Waals surface area contributed by atoms with Gasteiger partial charge in [0, 0.05) is 23.2 Å². The Bertz CT molecular complexity index is 610. The summed E-state index contributed by atoms with van der Waals surface area (Å²) in [6.07, 6.45) is 4.91. The van der Waals surface area contributed by atoms with Crippen LogP contribution in [0.4, 0.5) is 5.69 Å². The number of oxazole rings is 1. The largest absolute Gasteiger partial charge is 0.445 e. The molecule has 2 atom stereocenters. The molecule has 0 saturated carbocycles. The van der Waals surface area contributed by atoms with Crippen LogP contribution in [0.1, 0.15) is 19.8 Å². The third kappa shape index (κ3) is 3.31. The number of anilines is 1. The minimum atomic E-state index is 0.0756. The zero-order valence-corrected chi connectivity index (χ0v) is 12.0. The second-order valence-electron chi connectivity index (χ2n) is 5.48. The summed E-state index contributed by atoms with van der Waals surface area (Å²) < 4.78 is 5.28. The van der Waals surface area contributed by atoms with Crippen molar-refractivity contribution < 1.29 is 9.21 Å². The minimum absolute atomic E-state index is 0.0756. The molecule has 1 aliphatic rings. The fraction of sp³-hybridized carbons (Fsp3) is 0.375. The lowest BCUT2D eigenvalue weighted by Crippen LogP contribution is -2.40. The predicted molar refractivity (Wildman–Crippen MR) is 80.8 cm³/mol. The lowest BCUT2D eigenvalue weighted by molar-refractivity contribution is -0.120. The summed E-state index contributed by atoms with van der Waals surface area (Å²) in [6, 6.07) is 7.96. The molecule has 0 aliphatic carbocycles. The highest BCUT2D eigenvalue weighted by atomic mass is 16.3. The van der Waals surface area contributed by atoms with Crippen molar-refractivity contribution in [1.82, 2.24) is 10.3 Å². The van der Waals surface area contributed by atoms with E-state index in [0.717, 1.165) is 30.6 Å². The zero-order valence-electron chi connectivity index (χ0n) is 12.0. The monoisotopic (exact) mass is 285 g/mol. The maximum Gasteiger partial charge on any atom is 0.227 e. The summed E-state index contributed by atoms with van der Waals surface area (Å²) in [5.41, 5.74) is 1.64. The highest BCUT2D eigenvalue weighted by Gasteiger charge is 2.24. The quantitative estimate of drug-likeness (QED) is 0.910. The maximum atomic E-state index is 12.3. The molecule has 5 heteroatoms. The van der Waals surface area contributed by atoms with E-state index in [-0.39, 0.29) is 11.8 Å². The summed E-state index contributed by atoms with van der Waals surface area (Å²) in [5, 5.41) is 6.36. The molecule has 3 rings (SSSR count). The van der Waals surface area contributed by atoms with E-state index < -0.39 is 0 Å². The second kappa shape index (κ2) is 6.10. The third-order valence-corrected chi connectivity index (χ3v) is 3.80. The Labute approximate surface area is 123 Å². The zero-order chi connectivity index (χ0) is 14.7. The van der Waals surface area contributed by atoms with Gasteiger partial charge >= 0.3 is 0 Å². The first kappa shape index (κ1) is 13.8. The summed E-state index contributed by atoms with van der Waals surface area (Å²) in [5.74, 6) is 0.723. The number of carbonyl (C=O) groups excluding carboxylic acids is 1. The third-order valence-electron chi connectivity index (χ3n) is 3.80. The fourth-order valence-electron chi connectivity index (χ4n) is 2.71. The van der Waals surface area contributed by atoms with Crippen LogP contribution in [0.3, 0.4) is 0 Å². The summed E-state index contributed by atoms with van der Waals surface area (Å²) in [4.78, 5) is 16.5. The molecule has 0 unspecified atom stereocenters. The number of hydrogen-bond acceptors (Lipinski definition) is 4. The van der Waals surface area contributed by atoms with Gasteiger partial charge in [0.15, 0.2) is 0 Å². The first-order valence-electron chi connectivity index (χ1n) is 7.26. The molecule has 5 nitrogen and oxygen atoms in total. The van der Waals surface area contributed by atoms with Gasteiger partial charge in [0.25, 0.3) is 0 Å². The van der Waals surface area contributed by atoms with E-state index in [2.05, 4.69) is 22.5 Å². The Balaban J connectivity index is 1.70. The van der Waals surface area contributed by atoms with Gasteiger partial charge in [-0.3, -0.25) is 4.79 Å². The normalized spacial score (nSPS) is 22.0. The van der Waals surface area contributed by atoms with Gasteiger partial charge in [0.05, 0.1) is 6.20 Å². The molecule has 1 amide bonds. The highest BCUT2D eigenvalue weighted by Crippen LogP contribution is 2.23. The van der Waals surface area contributed by atoms with Gasteiger partial charge in [-0.05, 0) is 44.5 Å². The van der Waals surface area contributed by atoms with Gasteiger partial charge in [-0.15, -0.1) is 0 Å². The molecule has 1 aromatic carbocycles. The van der Waals surface area contributed by atoms with Crippen LogP contribution in [-0.4, -0.2) is 23.5 Å². The molecule has 1 fully saturated rings. The van der Waals surface area contributed by atoms with E-state index in [1.54, 1.807) is 6.20 Å². The van der Waals surface area contributed by atoms with Gasteiger partial charge in [-0.1, -0.05) is 6.07 Å². The number of amides is 1. The van der Waals surface area contributed by atoms with E-state index in [1.165, 1.54) is 6.26 Å². The predicted octanol–water partition coefficient (Wildman–Crippen LogP) is 2.67. The molecule has 0 bridgehead atoms. The lowest BCUT2D eigenvalue weighted by atomic mass is 9.92. The maximum absolute atomic E-state index is 12.3. The molecular weight excluding hydrogens is 266 g/mol. The van der Waals surface area contributed by atoms with Crippen LogP contribution in [0.25, 0.3) is 11.5 Å². The average molecular weight is 285 g/mol. The van der Waals surface area contributed by atoms with Crippen molar-refractivity contribution >= 4 is 11.6 Å². The van der Waals surface area contributed by atoms with Crippen LogP contribution in [0, 0.1) is 5.92 Å². The smallest absolute Gasteiger partial charge is 0.227 e. The first-order valence-corrected chi connectivity index (χ1v) is 7.26. The number of aromatic nitrogens is 1. The first-order chi connectivity index (χ1) is 10.2. The standard InChI is InChI=1S/C16H19N3O2/c1-11-9-12(5-6-17-11)15(20)19-14-4-2-3-13(10-14)16-18-7-8-21-16/h2-4,7-8,10-12,17H,5-6,9H2,1H3,(H,19,20)/t11-,12-/m0/s1. The van der Waals surface area contributed by atoms with E-state index in [9.17, 15) is 4.79 Å². The van der Waals surface area contributed by atoms with Crippen molar-refractivity contribution in [3.05, 3.63) is 36.7 Å². The van der Waals surface area contributed by atoms with Crippen LogP contribution in [0.5, 0.6) is 0 Å². The number of piperidine rings is 1. The topological polar surface area (TPSA) is 67.2 Å². The SMILES string of the molecule is C[C@H]1C[C@@H](C(=O)Nc2cccc(-c3ncco3)c2)CCN1. The van der Waals surface area contributed by atoms with Gasteiger partial charge < -0.3 is 15.1 Å². The average Bonchev–Trinajstić information content (AvgIpc) is 3.02. The molecule has 1 saturated heterocycles. The summed E-state index contributed by atoms with van der Waals surface area (Å²) in [6.45, 7) is 3.01. The van der Waals surface area contributed by atoms with E-state index >= 15 is 0 Å². The Morgan fingerprint density at radius 2 is 2.38 bits per heavy atom. The molecule has 0 radical (unpaired) electrons. The van der Waals surface area contributed by atoms with Crippen molar-refractivity contribution in [3.8, 4) is 11.5 Å². The number of hydrogen-bond donors (Lipinski definition) is 2. The van der Waals surface area contributed by atoms with Crippen molar-refractivity contribution in [1.29, 1.82) is 0 Å². The lowest BCUT2D eigenvalue weighted by Gasteiger charge is -2.27. The Morgan fingerprint density at radius 3 is 3.14 bits per heavy atom. The molecule has 110 valence electrons. The van der Waals surface area contributed by atoms with Crippen LogP contribution >= 0.6 is 0 Å². The number of rotatable bonds is 3. The number of benzene rings is 1. The van der Waals surface area contributed by atoms with Gasteiger partial charge in [0.2, 0.25) is 11.8 Å². The molecule has 2 heterocycles. The molecule has 1 aliphatic heterocycles. The van der Waals surface area contributed by atoms with E-state index in [1.807, 2.05) is 24.3 Å². The van der Waals surface area contributed by atoms with E-state index in [4.69, 9.17) is 4.42 Å². The summed E-state index contributed by atoms with van der Waals surface area (Å²) >= 11 is 0. The van der Waals surface area contributed by atoms with E-state index in [0.29, 0.717) is 11.9 Å². The Hall–Kier alpha value is -2.14. The van der Waals surface area contributed by atoms with Crippen LogP contribution in [-0.2, 0) is 4.79 Å². The Morgan fingerprint density at radius 1 is 1.48 bits per heavy atom. The number of carbonyl (C=O) groups is 1. The van der Waals surface area contributed by atoms with Crippen molar-refractivity contribution in [2.24, 2.45) is 5.92 Å². The van der Waals surface area contributed by atoms with Crippen molar-refractivity contribution in [2.75, 3.05) is 11.9 Å². The minimum Gasteiger partial charge on any atom is -0.445 e. The van der Waals surface area contributed by atoms with Crippen LogP contribution in [0.2, 0.25) is 0 Å². The molecule has 1 aromatic heterocycles. The molecule has 2 aromatic rings. The van der Waals surface area contributed by atoms with Crippen LogP contribution in [0.15, 0.2) is 41.1 Å². The molecule has 2 N–H and O–H groups in total. The Kier molecular flexibility index (Phi) is 4.01. The van der Waals surface area contributed by atoms with Gasteiger partial charge in [-0.25, -0.2) is 4.98 Å². The van der Waals surface area contributed by atoms with Crippen molar-refractivity contribution in [3.63, 3.8) is 0 Å². The molecular formula is C16H19N3O2. The molecule has 0 spiro atoms. The summed E-state index contributed by atoms with van der Waals surface area (Å²) in [7, 11) is 0. The van der Waals surface area contributed by atoms with Crippen molar-refractivity contribution in [2.45, 2.75) is 25.8 Å². The van der Waals surface area contributed by atoms with Gasteiger partial charge in [0.1, 0.15) is 6.26 Å². The molecule has 21 heavy (non-hydrogen) atoms. The highest BCUT2D eigenvalue weighted by molar-refractivity contribution is 5.93. The number of nitrogens with one attached hydrogen (secondary N) is 2. The van der Waals surface area contributed by atoms with Crippen LogP contribution < -0.4 is 10.6 Å². The van der Waals surface area contributed by atoms with Gasteiger partial charge in [-0.2, -0.15) is 0 Å². The fourth-order valence-corrected chi connectivity index (χ4v) is 2.71. The number of nitrogens with zero attached hydrogens (tertiary/aromatic N) is 1. The second-order valence-corrected chi connectivity index (χ2v) is 5.48.